The quantitative estimate of drug-likeness (QED) is 0.870. The maximum atomic E-state index is 12.4. The Morgan fingerprint density at radius 3 is 2.64 bits per heavy atom. The van der Waals surface area contributed by atoms with E-state index in [1.807, 2.05) is 20.8 Å². The maximum Gasteiger partial charge on any atom is 0.299 e. The number of hydrogen-bond donors (Lipinski definition) is 1. The fraction of sp³-hybridized carbons (Fsp3) is 0.600. The Bertz CT molecular complexity index is 689. The first-order chi connectivity index (χ1) is 10.3. The predicted octanol–water partition coefficient (Wildman–Crippen LogP) is 1.98. The first-order valence-corrected chi connectivity index (χ1v) is 7.52. The van der Waals surface area contributed by atoms with Gasteiger partial charge in [0.05, 0.1) is 22.8 Å². The SMILES string of the molecule is CC(C)(C)n1cc(C(=O)c2nc(C3(N)CCCC3)no2)cn1. The third kappa shape index (κ3) is 2.56. The second-order valence-electron chi connectivity index (χ2n) is 6.96. The van der Waals surface area contributed by atoms with Crippen LogP contribution in [0.5, 0.6) is 0 Å². The zero-order valence-corrected chi connectivity index (χ0v) is 13.2. The summed E-state index contributed by atoms with van der Waals surface area (Å²) in [5.41, 5.74) is 5.97. The number of ketones is 1. The number of aromatic nitrogens is 4. The molecule has 2 N–H and O–H groups in total. The molecule has 7 heteroatoms. The Balaban J connectivity index is 1.84. The highest BCUT2D eigenvalue weighted by Crippen LogP contribution is 2.34. The van der Waals surface area contributed by atoms with E-state index < -0.39 is 5.54 Å². The molecule has 3 rings (SSSR count). The molecule has 0 unspecified atom stereocenters. The molecule has 0 aliphatic heterocycles. The van der Waals surface area contributed by atoms with Crippen LogP contribution in [-0.4, -0.2) is 25.7 Å². The van der Waals surface area contributed by atoms with Crippen LogP contribution >= 0.6 is 0 Å². The minimum Gasteiger partial charge on any atom is -0.330 e. The van der Waals surface area contributed by atoms with E-state index in [4.69, 9.17) is 10.3 Å². The lowest BCUT2D eigenvalue weighted by atomic mass is 9.99. The number of hydrogen-bond acceptors (Lipinski definition) is 6. The molecule has 0 aromatic carbocycles. The van der Waals surface area contributed by atoms with Crippen molar-refractivity contribution >= 4 is 5.78 Å². The zero-order chi connectivity index (χ0) is 16.0. The zero-order valence-electron chi connectivity index (χ0n) is 13.2. The van der Waals surface area contributed by atoms with Crippen molar-refractivity contribution in [1.29, 1.82) is 0 Å². The van der Waals surface area contributed by atoms with Crippen molar-refractivity contribution in [1.82, 2.24) is 19.9 Å². The number of rotatable bonds is 3. The standard InChI is InChI=1S/C15H21N5O2/c1-14(2,3)20-9-10(8-17-20)11(21)12-18-13(19-22-12)15(16)6-4-5-7-15/h8-9H,4-7,16H2,1-3H3. The van der Waals surface area contributed by atoms with Crippen LogP contribution in [0.15, 0.2) is 16.9 Å². The van der Waals surface area contributed by atoms with E-state index in [0.29, 0.717) is 11.4 Å². The van der Waals surface area contributed by atoms with Crippen molar-refractivity contribution in [2.75, 3.05) is 0 Å². The van der Waals surface area contributed by atoms with E-state index >= 15 is 0 Å². The van der Waals surface area contributed by atoms with Crippen LogP contribution in [0.1, 0.15) is 68.5 Å². The van der Waals surface area contributed by atoms with E-state index in [1.54, 1.807) is 10.9 Å². The Morgan fingerprint density at radius 1 is 1.36 bits per heavy atom. The fourth-order valence-corrected chi connectivity index (χ4v) is 2.68. The molecule has 0 spiro atoms. The number of carbonyl (C=O) groups is 1. The van der Waals surface area contributed by atoms with Gasteiger partial charge in [-0.1, -0.05) is 18.0 Å². The summed E-state index contributed by atoms with van der Waals surface area (Å²) in [6.07, 6.45) is 6.95. The highest BCUT2D eigenvalue weighted by Gasteiger charge is 2.36. The average Bonchev–Trinajstić information content (AvgIpc) is 3.17. The molecule has 0 bridgehead atoms. The van der Waals surface area contributed by atoms with Crippen LogP contribution in [0.25, 0.3) is 0 Å². The molecular weight excluding hydrogens is 282 g/mol. The van der Waals surface area contributed by atoms with Crippen molar-refractivity contribution in [2.45, 2.75) is 57.5 Å². The highest BCUT2D eigenvalue weighted by atomic mass is 16.5. The molecule has 118 valence electrons. The topological polar surface area (TPSA) is 99.8 Å². The van der Waals surface area contributed by atoms with E-state index in [9.17, 15) is 4.79 Å². The predicted molar refractivity (Wildman–Crippen MR) is 79.3 cm³/mol. The molecule has 2 aromatic heterocycles. The monoisotopic (exact) mass is 303 g/mol. The van der Waals surface area contributed by atoms with Gasteiger partial charge in [-0.3, -0.25) is 9.48 Å². The van der Waals surface area contributed by atoms with E-state index in [1.165, 1.54) is 6.20 Å². The number of carbonyl (C=O) groups excluding carboxylic acids is 1. The molecular formula is C15H21N5O2. The molecule has 7 nitrogen and oxygen atoms in total. The van der Waals surface area contributed by atoms with Gasteiger partial charge in [0.25, 0.3) is 11.7 Å². The first kappa shape index (κ1) is 14.9. The largest absolute Gasteiger partial charge is 0.330 e. The molecule has 0 radical (unpaired) electrons. The molecule has 0 atom stereocenters. The van der Waals surface area contributed by atoms with Gasteiger partial charge in [0, 0.05) is 6.20 Å². The summed E-state index contributed by atoms with van der Waals surface area (Å²) < 4.78 is 6.86. The Hall–Kier alpha value is -2.02. The van der Waals surface area contributed by atoms with Crippen molar-refractivity contribution in [3.63, 3.8) is 0 Å². The third-order valence-corrected chi connectivity index (χ3v) is 4.09. The van der Waals surface area contributed by atoms with E-state index in [0.717, 1.165) is 25.7 Å². The lowest BCUT2D eigenvalue weighted by molar-refractivity contribution is 0.0993. The number of nitrogens with zero attached hydrogens (tertiary/aromatic N) is 4. The summed E-state index contributed by atoms with van der Waals surface area (Å²) in [5, 5.41) is 8.13. The molecule has 2 heterocycles. The van der Waals surface area contributed by atoms with Crippen molar-refractivity contribution in [3.8, 4) is 0 Å². The molecule has 1 aliphatic rings. The molecule has 22 heavy (non-hydrogen) atoms. The molecule has 2 aromatic rings. The van der Waals surface area contributed by atoms with Crippen LogP contribution in [0.2, 0.25) is 0 Å². The summed E-state index contributed by atoms with van der Waals surface area (Å²) in [4.78, 5) is 16.7. The van der Waals surface area contributed by atoms with Gasteiger partial charge in [-0.05, 0) is 33.6 Å². The highest BCUT2D eigenvalue weighted by molar-refractivity contribution is 6.05. The average molecular weight is 303 g/mol. The Kier molecular flexibility index (Phi) is 3.40. The van der Waals surface area contributed by atoms with Gasteiger partial charge in [-0.2, -0.15) is 10.1 Å². The lowest BCUT2D eigenvalue weighted by Gasteiger charge is -2.18. The van der Waals surface area contributed by atoms with Crippen LogP contribution in [-0.2, 0) is 11.1 Å². The summed E-state index contributed by atoms with van der Waals surface area (Å²) >= 11 is 0. The lowest BCUT2D eigenvalue weighted by Crippen LogP contribution is -2.34. The van der Waals surface area contributed by atoms with Gasteiger partial charge >= 0.3 is 0 Å². The van der Waals surface area contributed by atoms with Crippen molar-refractivity contribution in [2.24, 2.45) is 5.73 Å². The molecule has 1 fully saturated rings. The van der Waals surface area contributed by atoms with Crippen molar-refractivity contribution in [3.05, 3.63) is 29.7 Å². The van der Waals surface area contributed by atoms with Crippen LogP contribution in [0.3, 0.4) is 0 Å². The molecule has 0 saturated heterocycles. The van der Waals surface area contributed by atoms with Gasteiger partial charge in [0.15, 0.2) is 5.82 Å². The van der Waals surface area contributed by atoms with Gasteiger partial charge in [-0.15, -0.1) is 0 Å². The molecule has 1 aliphatic carbocycles. The minimum absolute atomic E-state index is 0.0276. The number of nitrogens with two attached hydrogens (primary N) is 1. The van der Waals surface area contributed by atoms with Gasteiger partial charge in [0.1, 0.15) is 0 Å². The molecule has 1 saturated carbocycles. The normalized spacial score (nSPS) is 17.8. The maximum absolute atomic E-state index is 12.4. The van der Waals surface area contributed by atoms with E-state index in [2.05, 4.69) is 15.2 Å². The van der Waals surface area contributed by atoms with E-state index in [-0.39, 0.29) is 17.2 Å². The van der Waals surface area contributed by atoms with Crippen LogP contribution in [0.4, 0.5) is 0 Å². The second kappa shape index (κ2) is 5.01. The van der Waals surface area contributed by atoms with Crippen LogP contribution in [0, 0.1) is 0 Å². The Morgan fingerprint density at radius 2 is 2.05 bits per heavy atom. The minimum atomic E-state index is -0.558. The van der Waals surface area contributed by atoms with Gasteiger partial charge in [-0.25, -0.2) is 0 Å². The third-order valence-electron chi connectivity index (χ3n) is 4.09. The van der Waals surface area contributed by atoms with Crippen LogP contribution < -0.4 is 5.73 Å². The second-order valence-corrected chi connectivity index (χ2v) is 6.96. The first-order valence-electron chi connectivity index (χ1n) is 7.52. The summed E-state index contributed by atoms with van der Waals surface area (Å²) in [6, 6.07) is 0. The Labute approximate surface area is 128 Å². The van der Waals surface area contributed by atoms with Gasteiger partial charge < -0.3 is 10.3 Å². The van der Waals surface area contributed by atoms with Gasteiger partial charge in [0.2, 0.25) is 0 Å². The summed E-state index contributed by atoms with van der Waals surface area (Å²) in [6.45, 7) is 6.03. The summed E-state index contributed by atoms with van der Waals surface area (Å²) in [5.74, 6) is 0.0765. The summed E-state index contributed by atoms with van der Waals surface area (Å²) in [7, 11) is 0. The van der Waals surface area contributed by atoms with Crippen molar-refractivity contribution < 1.29 is 9.32 Å². The fourth-order valence-electron chi connectivity index (χ4n) is 2.68. The molecule has 0 amide bonds. The smallest absolute Gasteiger partial charge is 0.299 e.